The minimum atomic E-state index is 0.529. The maximum atomic E-state index is 3.54. The molecule has 1 heterocycles. The predicted molar refractivity (Wildman–Crippen MR) is 83.6 cm³/mol. The van der Waals surface area contributed by atoms with Crippen LogP contribution >= 0.6 is 0 Å². The summed E-state index contributed by atoms with van der Waals surface area (Å²) < 4.78 is 0. The third-order valence-corrected chi connectivity index (χ3v) is 4.37. The molecule has 0 saturated carbocycles. The summed E-state index contributed by atoms with van der Waals surface area (Å²) >= 11 is 0. The van der Waals surface area contributed by atoms with Crippen LogP contribution in [0.2, 0.25) is 0 Å². The van der Waals surface area contributed by atoms with Crippen molar-refractivity contribution >= 4 is 5.69 Å². The van der Waals surface area contributed by atoms with Crippen molar-refractivity contribution in [2.75, 3.05) is 25.0 Å². The molecule has 0 aliphatic carbocycles. The highest BCUT2D eigenvalue weighted by atomic mass is 15.2. The van der Waals surface area contributed by atoms with Crippen molar-refractivity contribution in [1.82, 2.24) is 4.90 Å². The number of hydrogen-bond donors (Lipinski definition) is 1. The quantitative estimate of drug-likeness (QED) is 0.880. The highest BCUT2D eigenvalue weighted by Crippen LogP contribution is 2.30. The van der Waals surface area contributed by atoms with Crippen LogP contribution in [0.5, 0.6) is 0 Å². The van der Waals surface area contributed by atoms with Gasteiger partial charge in [-0.3, -0.25) is 4.90 Å². The average molecular weight is 260 g/mol. The van der Waals surface area contributed by atoms with Gasteiger partial charge in [0.05, 0.1) is 0 Å². The van der Waals surface area contributed by atoms with Gasteiger partial charge >= 0.3 is 0 Å². The number of anilines is 1. The van der Waals surface area contributed by atoms with E-state index in [0.29, 0.717) is 11.5 Å². The Kier molecular flexibility index (Phi) is 4.87. The molecule has 1 fully saturated rings. The Hall–Kier alpha value is -1.02. The Balaban J connectivity index is 1.81. The molecular weight excluding hydrogens is 232 g/mol. The monoisotopic (exact) mass is 260 g/mol. The van der Waals surface area contributed by atoms with Crippen molar-refractivity contribution in [3.63, 3.8) is 0 Å². The lowest BCUT2D eigenvalue weighted by molar-refractivity contribution is 0.214. The van der Waals surface area contributed by atoms with E-state index in [1.165, 1.54) is 38.0 Å². The van der Waals surface area contributed by atoms with Crippen LogP contribution in [0.15, 0.2) is 30.3 Å². The van der Waals surface area contributed by atoms with Gasteiger partial charge in [-0.1, -0.05) is 32.0 Å². The van der Waals surface area contributed by atoms with Crippen molar-refractivity contribution in [3.05, 3.63) is 30.3 Å². The lowest BCUT2D eigenvalue weighted by Gasteiger charge is -2.29. The Bertz CT molecular complexity index is 372. The largest absolute Gasteiger partial charge is 0.383 e. The summed E-state index contributed by atoms with van der Waals surface area (Å²) in [7, 11) is 0. The van der Waals surface area contributed by atoms with Crippen LogP contribution in [0, 0.1) is 5.41 Å². The van der Waals surface area contributed by atoms with Crippen LogP contribution < -0.4 is 5.32 Å². The fourth-order valence-corrected chi connectivity index (χ4v) is 2.84. The Morgan fingerprint density at radius 3 is 2.63 bits per heavy atom. The number of nitrogens with one attached hydrogen (secondary N) is 1. The molecule has 2 heteroatoms. The van der Waals surface area contributed by atoms with E-state index >= 15 is 0 Å². The van der Waals surface area contributed by atoms with Crippen molar-refractivity contribution in [3.8, 4) is 0 Å². The number of para-hydroxylation sites is 1. The third-order valence-electron chi connectivity index (χ3n) is 4.37. The summed E-state index contributed by atoms with van der Waals surface area (Å²) in [6.45, 7) is 10.7. The van der Waals surface area contributed by atoms with Crippen LogP contribution in [0.1, 0.15) is 40.0 Å². The molecule has 2 nitrogen and oxygen atoms in total. The predicted octanol–water partition coefficient (Wildman–Crippen LogP) is 4.00. The van der Waals surface area contributed by atoms with E-state index in [1.807, 2.05) is 0 Å². The second-order valence-electron chi connectivity index (χ2n) is 6.65. The molecule has 1 unspecified atom stereocenters. The van der Waals surface area contributed by atoms with E-state index in [9.17, 15) is 0 Å². The highest BCUT2D eigenvalue weighted by Gasteiger charge is 2.24. The molecule has 0 aromatic heterocycles. The van der Waals surface area contributed by atoms with Crippen LogP contribution in [0.25, 0.3) is 0 Å². The van der Waals surface area contributed by atoms with Crippen molar-refractivity contribution in [2.45, 2.75) is 46.1 Å². The first kappa shape index (κ1) is 14.4. The van der Waals surface area contributed by atoms with Gasteiger partial charge in [-0.2, -0.15) is 0 Å². The minimum absolute atomic E-state index is 0.529. The van der Waals surface area contributed by atoms with E-state index in [0.717, 1.165) is 6.54 Å². The molecule has 19 heavy (non-hydrogen) atoms. The Labute approximate surface area is 118 Å². The molecule has 1 aliphatic rings. The van der Waals surface area contributed by atoms with E-state index in [-0.39, 0.29) is 0 Å². The zero-order valence-electron chi connectivity index (χ0n) is 12.7. The van der Waals surface area contributed by atoms with Gasteiger partial charge in [-0.15, -0.1) is 0 Å². The van der Waals surface area contributed by atoms with Gasteiger partial charge < -0.3 is 5.32 Å². The number of rotatable bonds is 4. The van der Waals surface area contributed by atoms with Gasteiger partial charge in [0.25, 0.3) is 0 Å². The minimum Gasteiger partial charge on any atom is -0.383 e. The van der Waals surface area contributed by atoms with Crippen LogP contribution in [-0.4, -0.2) is 30.6 Å². The van der Waals surface area contributed by atoms with Crippen molar-refractivity contribution in [2.24, 2.45) is 5.41 Å². The average Bonchev–Trinajstić information content (AvgIpc) is 2.58. The van der Waals surface area contributed by atoms with Gasteiger partial charge in [-0.05, 0) is 56.8 Å². The molecule has 2 rings (SSSR count). The molecule has 0 amide bonds. The summed E-state index contributed by atoms with van der Waals surface area (Å²) in [5.74, 6) is 0. The number of benzene rings is 1. The normalized spacial score (nSPS) is 21.6. The van der Waals surface area contributed by atoms with E-state index in [2.05, 4.69) is 61.3 Å². The summed E-state index contributed by atoms with van der Waals surface area (Å²) in [4.78, 5) is 2.64. The third kappa shape index (κ3) is 4.54. The fraction of sp³-hybridized carbons (Fsp3) is 0.647. The molecule has 1 atom stereocenters. The molecule has 1 aromatic rings. The lowest BCUT2D eigenvalue weighted by atomic mass is 9.85. The molecule has 0 spiro atoms. The smallest absolute Gasteiger partial charge is 0.0340 e. The second kappa shape index (κ2) is 6.42. The van der Waals surface area contributed by atoms with Crippen molar-refractivity contribution < 1.29 is 0 Å². The Morgan fingerprint density at radius 2 is 1.89 bits per heavy atom. The second-order valence-corrected chi connectivity index (χ2v) is 6.65. The maximum absolute atomic E-state index is 3.54. The lowest BCUT2D eigenvalue weighted by Crippen LogP contribution is -2.38. The van der Waals surface area contributed by atoms with Gasteiger partial charge in [0, 0.05) is 18.3 Å². The van der Waals surface area contributed by atoms with Crippen LogP contribution in [-0.2, 0) is 0 Å². The first-order valence-corrected chi connectivity index (χ1v) is 7.60. The molecule has 0 radical (unpaired) electrons. The summed E-state index contributed by atoms with van der Waals surface area (Å²) in [6.07, 6.45) is 4.02. The zero-order valence-corrected chi connectivity index (χ0v) is 12.7. The summed E-state index contributed by atoms with van der Waals surface area (Å²) in [5.41, 5.74) is 1.76. The van der Waals surface area contributed by atoms with E-state index < -0.39 is 0 Å². The topological polar surface area (TPSA) is 15.3 Å². The van der Waals surface area contributed by atoms with Crippen LogP contribution in [0.3, 0.4) is 0 Å². The van der Waals surface area contributed by atoms with E-state index in [4.69, 9.17) is 0 Å². The number of nitrogens with zero attached hydrogens (tertiary/aromatic N) is 1. The molecule has 1 aliphatic heterocycles. The van der Waals surface area contributed by atoms with Gasteiger partial charge in [-0.25, -0.2) is 0 Å². The standard InChI is InChI=1S/C17H28N2/c1-15(14-18-16-8-5-4-6-9-16)19-12-7-10-17(2,3)11-13-19/h4-6,8-9,15,18H,7,10-14H2,1-3H3. The molecule has 1 aromatic carbocycles. The van der Waals surface area contributed by atoms with Crippen molar-refractivity contribution in [1.29, 1.82) is 0 Å². The zero-order chi connectivity index (χ0) is 13.7. The molecular formula is C17H28N2. The summed E-state index contributed by atoms with van der Waals surface area (Å²) in [6, 6.07) is 11.1. The highest BCUT2D eigenvalue weighted by molar-refractivity contribution is 5.42. The first-order valence-electron chi connectivity index (χ1n) is 7.60. The SMILES string of the molecule is CC(CNc1ccccc1)N1CCCC(C)(C)CC1. The molecule has 0 bridgehead atoms. The number of likely N-dealkylation sites (tertiary alicyclic amines) is 1. The van der Waals surface area contributed by atoms with Gasteiger partial charge in [0.1, 0.15) is 0 Å². The molecule has 1 N–H and O–H groups in total. The molecule has 1 saturated heterocycles. The van der Waals surface area contributed by atoms with E-state index in [1.54, 1.807) is 0 Å². The first-order chi connectivity index (χ1) is 9.07. The fourth-order valence-electron chi connectivity index (χ4n) is 2.84. The molecule has 106 valence electrons. The summed E-state index contributed by atoms with van der Waals surface area (Å²) in [5, 5.41) is 3.54. The van der Waals surface area contributed by atoms with Crippen LogP contribution in [0.4, 0.5) is 5.69 Å². The van der Waals surface area contributed by atoms with Gasteiger partial charge in [0.15, 0.2) is 0 Å². The van der Waals surface area contributed by atoms with Gasteiger partial charge in [0.2, 0.25) is 0 Å². The Morgan fingerprint density at radius 1 is 1.16 bits per heavy atom. The number of hydrogen-bond acceptors (Lipinski definition) is 2. The maximum Gasteiger partial charge on any atom is 0.0340 e.